The molecule has 0 aromatic heterocycles. The minimum atomic E-state index is -1.05. The first-order chi connectivity index (χ1) is 6.63. The van der Waals surface area contributed by atoms with Crippen molar-refractivity contribution in [2.75, 3.05) is 0 Å². The molecule has 5 nitrogen and oxygen atoms in total. The molecule has 1 heterocycles. The first-order valence-corrected chi connectivity index (χ1v) is 3.90. The van der Waals surface area contributed by atoms with Crippen LogP contribution in [0.1, 0.15) is 20.7 Å². The Morgan fingerprint density at radius 3 is 1.80 bits per heavy atom. The molecule has 1 aliphatic heterocycles. The van der Waals surface area contributed by atoms with Gasteiger partial charge in [-0.05, 0) is 12.1 Å². The molecule has 1 aliphatic rings. The third-order valence-electron chi connectivity index (χ3n) is 2.01. The summed E-state index contributed by atoms with van der Waals surface area (Å²) < 4.78 is 0. The Hall–Kier alpha value is -0.534. The molecule has 4 amide bonds. The molecule has 0 aliphatic carbocycles. The third kappa shape index (κ3) is 1.91. The quantitative estimate of drug-likeness (QED) is 0.491. The molecule has 0 atom stereocenters. The van der Waals surface area contributed by atoms with Gasteiger partial charge >= 0.3 is 57.4 Å². The summed E-state index contributed by atoms with van der Waals surface area (Å²) in [4.78, 5) is 34.1. The van der Waals surface area contributed by atoms with Crippen LogP contribution >= 0.6 is 0 Å². The zero-order valence-electron chi connectivity index (χ0n) is 7.06. The van der Waals surface area contributed by atoms with Crippen molar-refractivity contribution in [3.05, 3.63) is 35.4 Å². The van der Waals surface area contributed by atoms with Crippen molar-refractivity contribution < 1.29 is 14.4 Å². The summed E-state index contributed by atoms with van der Waals surface area (Å²) >= 11 is 0. The van der Waals surface area contributed by atoms with Crippen LogP contribution in [0.15, 0.2) is 24.3 Å². The molecular formula is C9H7KN2O3. The second kappa shape index (κ2) is 4.54. The number of fused-ring (bicyclic) bond motifs is 1. The van der Waals surface area contributed by atoms with Gasteiger partial charge < -0.3 is 5.73 Å². The summed E-state index contributed by atoms with van der Waals surface area (Å²) in [5.41, 5.74) is 5.34. The van der Waals surface area contributed by atoms with E-state index in [4.69, 9.17) is 5.73 Å². The van der Waals surface area contributed by atoms with Gasteiger partial charge in [-0.2, -0.15) is 4.90 Å². The van der Waals surface area contributed by atoms with E-state index in [0.29, 0.717) is 4.90 Å². The van der Waals surface area contributed by atoms with Gasteiger partial charge in [-0.15, -0.1) is 0 Å². The van der Waals surface area contributed by atoms with Gasteiger partial charge in [-0.25, -0.2) is 4.79 Å². The molecule has 6 heteroatoms. The van der Waals surface area contributed by atoms with Gasteiger partial charge in [-0.1, -0.05) is 12.1 Å². The summed E-state index contributed by atoms with van der Waals surface area (Å²) in [7, 11) is 0. The van der Waals surface area contributed by atoms with Crippen LogP contribution in [-0.4, -0.2) is 74.1 Å². The van der Waals surface area contributed by atoms with Crippen LogP contribution in [0.2, 0.25) is 0 Å². The van der Waals surface area contributed by atoms with Gasteiger partial charge in [0.25, 0.3) is 11.8 Å². The molecule has 0 radical (unpaired) electrons. The zero-order valence-corrected chi connectivity index (χ0v) is 7.06. The Balaban J connectivity index is 0.00000112. The summed E-state index contributed by atoms with van der Waals surface area (Å²) in [6, 6.07) is 5.16. The van der Waals surface area contributed by atoms with E-state index in [0.717, 1.165) is 0 Å². The molecule has 1 aromatic rings. The second-order valence-electron chi connectivity index (χ2n) is 2.83. The molecular weight excluding hydrogens is 223 g/mol. The van der Waals surface area contributed by atoms with E-state index < -0.39 is 17.8 Å². The third-order valence-corrected chi connectivity index (χ3v) is 2.01. The first-order valence-electron chi connectivity index (χ1n) is 3.90. The van der Waals surface area contributed by atoms with Crippen LogP contribution in [0.25, 0.3) is 0 Å². The topological polar surface area (TPSA) is 80.5 Å². The molecule has 0 fully saturated rings. The summed E-state index contributed by atoms with van der Waals surface area (Å²) in [6.45, 7) is 0. The van der Waals surface area contributed by atoms with Gasteiger partial charge in [0, 0.05) is 0 Å². The predicted molar refractivity (Wildman–Crippen MR) is 53.7 cm³/mol. The van der Waals surface area contributed by atoms with Crippen LogP contribution in [0, 0.1) is 0 Å². The fourth-order valence-electron chi connectivity index (χ4n) is 1.39. The van der Waals surface area contributed by atoms with Crippen molar-refractivity contribution in [3.63, 3.8) is 0 Å². The van der Waals surface area contributed by atoms with Crippen LogP contribution in [0.5, 0.6) is 0 Å². The van der Waals surface area contributed by atoms with Crippen LogP contribution in [-0.2, 0) is 0 Å². The summed E-state index contributed by atoms with van der Waals surface area (Å²) in [5, 5.41) is 0. The Kier molecular flexibility index (Phi) is 3.80. The Bertz CT molecular complexity index is 423. The van der Waals surface area contributed by atoms with Crippen LogP contribution < -0.4 is 5.73 Å². The summed E-state index contributed by atoms with van der Waals surface area (Å²) in [6.07, 6.45) is 0. The molecule has 1 aromatic carbocycles. The fourth-order valence-corrected chi connectivity index (χ4v) is 1.39. The molecule has 2 N–H and O–H groups in total. The maximum atomic E-state index is 11.5. The molecule has 0 saturated heterocycles. The number of imide groups is 3. The summed E-state index contributed by atoms with van der Waals surface area (Å²) in [5.74, 6) is -1.31. The van der Waals surface area contributed by atoms with Crippen molar-refractivity contribution in [2.45, 2.75) is 0 Å². The number of benzene rings is 1. The number of hydrogen-bond donors (Lipinski definition) is 1. The van der Waals surface area contributed by atoms with Crippen LogP contribution in [0.3, 0.4) is 0 Å². The fraction of sp³-hybridized carbons (Fsp3) is 0. The average Bonchev–Trinajstić information content (AvgIpc) is 2.41. The number of nitrogens with zero attached hydrogens (tertiary/aromatic N) is 1. The normalized spacial score (nSPS) is 13.5. The molecule has 0 saturated carbocycles. The average molecular weight is 230 g/mol. The number of nitrogens with two attached hydrogens (primary N) is 1. The standard InChI is InChI=1S/C9H6N2O3.K.H/c10-9(14)11-7(12)5-3-1-2-4-6(5)8(11)13;;/h1-4H,(H2,10,14);;. The van der Waals surface area contributed by atoms with Gasteiger partial charge in [0.2, 0.25) is 0 Å². The molecule has 2 rings (SSSR count). The number of carbonyl (C=O) groups excluding carboxylic acids is 3. The van der Waals surface area contributed by atoms with Gasteiger partial charge in [0.1, 0.15) is 0 Å². The zero-order chi connectivity index (χ0) is 10.3. The number of hydrogen-bond acceptors (Lipinski definition) is 3. The predicted octanol–water partition coefficient (Wildman–Crippen LogP) is -0.287. The molecule has 0 spiro atoms. The molecule has 0 unspecified atom stereocenters. The second-order valence-corrected chi connectivity index (χ2v) is 2.83. The van der Waals surface area contributed by atoms with Crippen molar-refractivity contribution in [2.24, 2.45) is 5.73 Å². The number of primary amides is 1. The van der Waals surface area contributed by atoms with Crippen LogP contribution in [0.4, 0.5) is 4.79 Å². The van der Waals surface area contributed by atoms with Crippen molar-refractivity contribution in [1.82, 2.24) is 4.90 Å². The van der Waals surface area contributed by atoms with E-state index in [1.807, 2.05) is 0 Å². The van der Waals surface area contributed by atoms with E-state index in [9.17, 15) is 14.4 Å². The maximum absolute atomic E-state index is 11.5. The number of amides is 4. The van der Waals surface area contributed by atoms with E-state index in [1.54, 1.807) is 12.1 Å². The molecule has 15 heavy (non-hydrogen) atoms. The minimum absolute atomic E-state index is 0. The molecule has 72 valence electrons. The van der Waals surface area contributed by atoms with E-state index in [1.165, 1.54) is 12.1 Å². The van der Waals surface area contributed by atoms with Crippen molar-refractivity contribution in [3.8, 4) is 0 Å². The van der Waals surface area contributed by atoms with Crippen molar-refractivity contribution >= 4 is 69.2 Å². The van der Waals surface area contributed by atoms with Gasteiger partial charge in [-0.3, -0.25) is 9.59 Å². The Morgan fingerprint density at radius 2 is 1.47 bits per heavy atom. The van der Waals surface area contributed by atoms with Gasteiger partial charge in [0.05, 0.1) is 11.1 Å². The van der Waals surface area contributed by atoms with E-state index >= 15 is 0 Å². The van der Waals surface area contributed by atoms with E-state index in [2.05, 4.69) is 0 Å². The number of rotatable bonds is 0. The first kappa shape index (κ1) is 12.5. The van der Waals surface area contributed by atoms with Gasteiger partial charge in [0.15, 0.2) is 0 Å². The SMILES string of the molecule is NC(=O)N1C(=O)c2ccccc2C1=O.[KH]. The number of urea groups is 1. The number of carbonyl (C=O) groups is 3. The van der Waals surface area contributed by atoms with Crippen molar-refractivity contribution in [1.29, 1.82) is 0 Å². The Morgan fingerprint density at radius 1 is 1.07 bits per heavy atom. The monoisotopic (exact) mass is 230 g/mol. The van der Waals surface area contributed by atoms with E-state index in [-0.39, 0.29) is 62.5 Å². The Labute approximate surface area is 128 Å². The molecule has 0 bridgehead atoms.